The maximum Gasteiger partial charge on any atom is 0.214 e. The van der Waals surface area contributed by atoms with Gasteiger partial charge in [-0.05, 0) is 49.1 Å². The number of hydrogen-bond donors (Lipinski definition) is 1. The zero-order chi connectivity index (χ0) is 14.0. The fourth-order valence-corrected chi connectivity index (χ4v) is 3.40. The van der Waals surface area contributed by atoms with E-state index in [-0.39, 0.29) is 6.10 Å². The van der Waals surface area contributed by atoms with Gasteiger partial charge in [-0.1, -0.05) is 20.8 Å². The standard InChI is InChI=1S/C16H26N2O/c1-11-5-14(9-16(3,4)8-11)19-15-7-13(10-17)6-12(2)18-15/h6-7,11,14H,5,8-10,17H2,1-4H3. The second-order valence-corrected chi connectivity index (χ2v) is 6.81. The Labute approximate surface area is 116 Å². The van der Waals surface area contributed by atoms with Crippen molar-refractivity contribution in [2.45, 2.75) is 59.6 Å². The second kappa shape index (κ2) is 5.49. The zero-order valence-electron chi connectivity index (χ0n) is 12.6. The summed E-state index contributed by atoms with van der Waals surface area (Å²) in [4.78, 5) is 4.47. The van der Waals surface area contributed by atoms with Gasteiger partial charge in [-0.15, -0.1) is 0 Å². The van der Waals surface area contributed by atoms with Crippen LogP contribution in [0.15, 0.2) is 12.1 Å². The molecule has 1 aromatic rings. The van der Waals surface area contributed by atoms with Gasteiger partial charge in [-0.3, -0.25) is 0 Å². The van der Waals surface area contributed by atoms with E-state index in [4.69, 9.17) is 10.5 Å². The van der Waals surface area contributed by atoms with E-state index in [0.29, 0.717) is 17.9 Å². The van der Waals surface area contributed by atoms with Crippen LogP contribution in [0.1, 0.15) is 51.3 Å². The van der Waals surface area contributed by atoms with Gasteiger partial charge in [0.25, 0.3) is 0 Å². The van der Waals surface area contributed by atoms with Crippen LogP contribution in [0.2, 0.25) is 0 Å². The van der Waals surface area contributed by atoms with E-state index in [2.05, 4.69) is 25.8 Å². The van der Waals surface area contributed by atoms with Gasteiger partial charge in [0.05, 0.1) is 0 Å². The number of rotatable bonds is 3. The van der Waals surface area contributed by atoms with Crippen LogP contribution in [0.25, 0.3) is 0 Å². The Morgan fingerprint density at radius 2 is 2.11 bits per heavy atom. The minimum atomic E-state index is 0.277. The summed E-state index contributed by atoms with van der Waals surface area (Å²) in [6.07, 6.45) is 3.78. The molecule has 2 N–H and O–H groups in total. The van der Waals surface area contributed by atoms with Crippen LogP contribution in [-0.4, -0.2) is 11.1 Å². The molecule has 0 spiro atoms. The van der Waals surface area contributed by atoms with Crippen molar-refractivity contribution >= 4 is 0 Å². The molecule has 106 valence electrons. The number of aromatic nitrogens is 1. The van der Waals surface area contributed by atoms with E-state index < -0.39 is 0 Å². The van der Waals surface area contributed by atoms with Crippen molar-refractivity contribution in [3.63, 3.8) is 0 Å². The summed E-state index contributed by atoms with van der Waals surface area (Å²) in [6.45, 7) is 9.49. The van der Waals surface area contributed by atoms with Crippen molar-refractivity contribution in [3.05, 3.63) is 23.4 Å². The van der Waals surface area contributed by atoms with E-state index >= 15 is 0 Å². The molecule has 1 aromatic heterocycles. The Balaban J connectivity index is 2.10. The summed E-state index contributed by atoms with van der Waals surface area (Å²) in [5.41, 5.74) is 8.13. The Hall–Kier alpha value is -1.09. The molecule has 3 heteroatoms. The fraction of sp³-hybridized carbons (Fsp3) is 0.688. The highest BCUT2D eigenvalue weighted by atomic mass is 16.5. The molecule has 0 radical (unpaired) electrons. The summed E-state index contributed by atoms with van der Waals surface area (Å²) >= 11 is 0. The lowest BCUT2D eigenvalue weighted by Gasteiger charge is -2.38. The molecule has 19 heavy (non-hydrogen) atoms. The molecule has 0 aromatic carbocycles. The van der Waals surface area contributed by atoms with Crippen LogP contribution >= 0.6 is 0 Å². The average Bonchev–Trinajstić information content (AvgIpc) is 2.24. The van der Waals surface area contributed by atoms with Gasteiger partial charge in [-0.25, -0.2) is 4.98 Å². The highest BCUT2D eigenvalue weighted by Gasteiger charge is 2.33. The lowest BCUT2D eigenvalue weighted by molar-refractivity contribution is 0.0531. The van der Waals surface area contributed by atoms with Crippen molar-refractivity contribution in [3.8, 4) is 5.88 Å². The molecule has 0 bridgehead atoms. The van der Waals surface area contributed by atoms with Gasteiger partial charge in [0.1, 0.15) is 6.10 Å². The van der Waals surface area contributed by atoms with Crippen LogP contribution < -0.4 is 10.5 Å². The van der Waals surface area contributed by atoms with Crippen molar-refractivity contribution in [1.82, 2.24) is 4.98 Å². The summed E-state index contributed by atoms with van der Waals surface area (Å²) in [7, 11) is 0. The lowest BCUT2D eigenvalue weighted by Crippen LogP contribution is -2.34. The molecule has 1 fully saturated rings. The van der Waals surface area contributed by atoms with Crippen molar-refractivity contribution in [2.75, 3.05) is 0 Å². The Kier molecular flexibility index (Phi) is 4.14. The number of pyridine rings is 1. The Morgan fingerprint density at radius 3 is 2.74 bits per heavy atom. The van der Waals surface area contributed by atoms with E-state index in [1.54, 1.807) is 0 Å². The van der Waals surface area contributed by atoms with E-state index in [1.807, 2.05) is 19.1 Å². The third-order valence-electron chi connectivity index (χ3n) is 3.86. The van der Waals surface area contributed by atoms with Gasteiger partial charge in [0, 0.05) is 18.3 Å². The summed E-state index contributed by atoms with van der Waals surface area (Å²) in [5, 5.41) is 0. The van der Waals surface area contributed by atoms with Crippen LogP contribution in [0.3, 0.4) is 0 Å². The molecule has 0 aliphatic heterocycles. The van der Waals surface area contributed by atoms with Crippen LogP contribution in [0.5, 0.6) is 5.88 Å². The molecule has 1 heterocycles. The molecule has 0 amide bonds. The number of aryl methyl sites for hydroxylation is 1. The van der Waals surface area contributed by atoms with Gasteiger partial charge in [0.2, 0.25) is 5.88 Å². The maximum atomic E-state index is 6.12. The largest absolute Gasteiger partial charge is 0.474 e. The van der Waals surface area contributed by atoms with Crippen molar-refractivity contribution in [1.29, 1.82) is 0 Å². The highest BCUT2D eigenvalue weighted by molar-refractivity contribution is 5.24. The SMILES string of the molecule is Cc1cc(CN)cc(OC2CC(C)CC(C)(C)C2)n1. The third kappa shape index (κ3) is 3.93. The molecule has 2 atom stereocenters. The minimum Gasteiger partial charge on any atom is -0.474 e. The quantitative estimate of drug-likeness (QED) is 0.907. The second-order valence-electron chi connectivity index (χ2n) is 6.81. The van der Waals surface area contributed by atoms with Crippen LogP contribution in [0, 0.1) is 18.3 Å². The first-order valence-electron chi connectivity index (χ1n) is 7.22. The highest BCUT2D eigenvalue weighted by Crippen LogP contribution is 2.39. The number of nitrogens with zero attached hydrogens (tertiary/aromatic N) is 1. The predicted molar refractivity (Wildman–Crippen MR) is 78.1 cm³/mol. The predicted octanol–water partition coefficient (Wildman–Crippen LogP) is 3.44. The van der Waals surface area contributed by atoms with Crippen molar-refractivity contribution < 1.29 is 4.74 Å². The number of hydrogen-bond acceptors (Lipinski definition) is 3. The monoisotopic (exact) mass is 262 g/mol. The van der Waals surface area contributed by atoms with E-state index in [0.717, 1.165) is 30.0 Å². The molecule has 1 aliphatic rings. The van der Waals surface area contributed by atoms with Crippen molar-refractivity contribution in [2.24, 2.45) is 17.1 Å². The number of ether oxygens (including phenoxy) is 1. The maximum absolute atomic E-state index is 6.12. The first-order chi connectivity index (χ1) is 8.88. The number of nitrogens with two attached hydrogens (primary N) is 1. The molecule has 1 aliphatic carbocycles. The smallest absolute Gasteiger partial charge is 0.214 e. The van der Waals surface area contributed by atoms with Gasteiger partial charge >= 0.3 is 0 Å². The Morgan fingerprint density at radius 1 is 1.37 bits per heavy atom. The minimum absolute atomic E-state index is 0.277. The Bertz CT molecular complexity index is 442. The zero-order valence-corrected chi connectivity index (χ0v) is 12.6. The molecule has 2 rings (SSSR count). The average molecular weight is 262 g/mol. The molecular formula is C16H26N2O. The van der Waals surface area contributed by atoms with Gasteiger partial charge < -0.3 is 10.5 Å². The molecule has 1 saturated carbocycles. The first-order valence-corrected chi connectivity index (χ1v) is 7.22. The summed E-state index contributed by atoms with van der Waals surface area (Å²) in [5.74, 6) is 1.45. The van der Waals surface area contributed by atoms with Gasteiger partial charge in [-0.2, -0.15) is 0 Å². The van der Waals surface area contributed by atoms with Crippen LogP contribution in [-0.2, 0) is 6.54 Å². The molecule has 2 unspecified atom stereocenters. The topological polar surface area (TPSA) is 48.1 Å². The third-order valence-corrected chi connectivity index (χ3v) is 3.86. The van der Waals surface area contributed by atoms with E-state index in [1.165, 1.54) is 6.42 Å². The normalized spacial score (nSPS) is 26.2. The first kappa shape index (κ1) is 14.3. The summed E-state index contributed by atoms with van der Waals surface area (Å²) < 4.78 is 6.12. The molecule has 0 saturated heterocycles. The molecular weight excluding hydrogens is 236 g/mol. The van der Waals surface area contributed by atoms with Crippen LogP contribution in [0.4, 0.5) is 0 Å². The van der Waals surface area contributed by atoms with E-state index in [9.17, 15) is 0 Å². The lowest BCUT2D eigenvalue weighted by atomic mass is 9.71. The summed E-state index contributed by atoms with van der Waals surface area (Å²) in [6, 6.07) is 3.99. The molecule has 3 nitrogen and oxygen atoms in total. The fourth-order valence-electron chi connectivity index (χ4n) is 3.40. The van der Waals surface area contributed by atoms with Gasteiger partial charge in [0.15, 0.2) is 0 Å².